The number of amides is 2. The Hall–Kier alpha value is -2.15. The third-order valence-electron chi connectivity index (χ3n) is 4.22. The van der Waals surface area contributed by atoms with Crippen molar-refractivity contribution >= 4 is 11.8 Å². The fraction of sp³-hybridized carbons (Fsp3) is 0.588. The maximum Gasteiger partial charge on any atom is 0.220 e. The smallest absolute Gasteiger partial charge is 0.220 e. The molecule has 0 radical (unpaired) electrons. The summed E-state index contributed by atoms with van der Waals surface area (Å²) in [6, 6.07) is 3.49. The number of nitrogens with one attached hydrogen (secondary N) is 2. The summed E-state index contributed by atoms with van der Waals surface area (Å²) in [6.07, 6.45) is 3.68. The summed E-state index contributed by atoms with van der Waals surface area (Å²) >= 11 is 0. The number of aliphatic hydroxyl groups is 1. The molecule has 7 nitrogen and oxygen atoms in total. The van der Waals surface area contributed by atoms with Crippen LogP contribution in [0, 0.1) is 5.92 Å². The minimum absolute atomic E-state index is 0.0671. The zero-order valence-corrected chi connectivity index (χ0v) is 14.1. The van der Waals surface area contributed by atoms with Crippen molar-refractivity contribution in [1.82, 2.24) is 15.6 Å². The van der Waals surface area contributed by atoms with Gasteiger partial charge in [0.1, 0.15) is 0 Å². The van der Waals surface area contributed by atoms with Crippen LogP contribution in [-0.2, 0) is 9.59 Å². The van der Waals surface area contributed by atoms with Gasteiger partial charge < -0.3 is 20.5 Å². The lowest BCUT2D eigenvalue weighted by atomic mass is 9.75. The van der Waals surface area contributed by atoms with Crippen molar-refractivity contribution < 1.29 is 19.4 Å². The van der Waals surface area contributed by atoms with Crippen molar-refractivity contribution in [2.24, 2.45) is 5.92 Å². The van der Waals surface area contributed by atoms with Crippen molar-refractivity contribution in [2.45, 2.75) is 44.8 Å². The minimum atomic E-state index is -0.291. The molecule has 132 valence electrons. The second kappa shape index (κ2) is 8.63. The summed E-state index contributed by atoms with van der Waals surface area (Å²) in [4.78, 5) is 27.2. The highest BCUT2D eigenvalue weighted by atomic mass is 16.5. The highest BCUT2D eigenvalue weighted by Gasteiger charge is 2.35. The molecule has 0 aromatic carbocycles. The first kappa shape index (κ1) is 18.2. The van der Waals surface area contributed by atoms with E-state index in [1.54, 1.807) is 19.4 Å². The summed E-state index contributed by atoms with van der Waals surface area (Å²) in [7, 11) is 1.55. The maximum absolute atomic E-state index is 12.2. The van der Waals surface area contributed by atoms with E-state index in [1.165, 1.54) is 6.92 Å². The summed E-state index contributed by atoms with van der Waals surface area (Å²) in [5, 5.41) is 15.3. The van der Waals surface area contributed by atoms with Gasteiger partial charge in [-0.25, -0.2) is 4.98 Å². The van der Waals surface area contributed by atoms with E-state index >= 15 is 0 Å². The Labute approximate surface area is 141 Å². The average molecular weight is 335 g/mol. The number of carbonyl (C=O) groups is 2. The van der Waals surface area contributed by atoms with E-state index in [0.717, 1.165) is 5.56 Å². The molecule has 0 saturated heterocycles. The van der Waals surface area contributed by atoms with Crippen molar-refractivity contribution in [1.29, 1.82) is 0 Å². The molecule has 24 heavy (non-hydrogen) atoms. The quantitative estimate of drug-likeness (QED) is 0.614. The van der Waals surface area contributed by atoms with Gasteiger partial charge in [0, 0.05) is 32.2 Å². The maximum atomic E-state index is 12.2. The summed E-state index contributed by atoms with van der Waals surface area (Å²) < 4.78 is 5.06. The first-order valence-electron chi connectivity index (χ1n) is 8.21. The highest BCUT2D eigenvalue weighted by molar-refractivity contribution is 5.76. The summed E-state index contributed by atoms with van der Waals surface area (Å²) in [5.74, 6) is 0.561. The molecule has 1 saturated carbocycles. The standard InChI is InChI=1S/C17H25N3O4/c1-11(21)18-7-3-4-15(23)20-17(13-8-14(22)9-13)12-5-6-16(24-2)19-10-12/h5-6,10,13-14,17,22H,3-4,7-9H2,1-2H3,(H,18,21)(H,20,23). The number of hydrogen-bond donors (Lipinski definition) is 3. The van der Waals surface area contributed by atoms with E-state index in [4.69, 9.17) is 4.74 Å². The Morgan fingerprint density at radius 1 is 1.42 bits per heavy atom. The van der Waals surface area contributed by atoms with Crippen LogP contribution in [0.5, 0.6) is 5.88 Å². The summed E-state index contributed by atoms with van der Waals surface area (Å²) in [5.41, 5.74) is 0.905. The molecular weight excluding hydrogens is 310 g/mol. The Balaban J connectivity index is 1.93. The van der Waals surface area contributed by atoms with Gasteiger partial charge in [-0.2, -0.15) is 0 Å². The van der Waals surface area contributed by atoms with E-state index in [-0.39, 0.29) is 29.9 Å². The number of carbonyl (C=O) groups excluding carboxylic acids is 2. The molecule has 7 heteroatoms. The van der Waals surface area contributed by atoms with Gasteiger partial charge in [0.25, 0.3) is 0 Å². The zero-order valence-electron chi connectivity index (χ0n) is 14.1. The van der Waals surface area contributed by atoms with E-state index < -0.39 is 0 Å². The molecule has 1 aliphatic rings. The second-order valence-electron chi connectivity index (χ2n) is 6.15. The van der Waals surface area contributed by atoms with Gasteiger partial charge in [-0.3, -0.25) is 9.59 Å². The van der Waals surface area contributed by atoms with Crippen LogP contribution in [0.25, 0.3) is 0 Å². The Morgan fingerprint density at radius 2 is 2.17 bits per heavy atom. The molecule has 1 aliphatic carbocycles. The molecule has 2 rings (SSSR count). The molecule has 1 heterocycles. The average Bonchev–Trinajstić information content (AvgIpc) is 2.54. The largest absolute Gasteiger partial charge is 0.481 e. The zero-order chi connectivity index (χ0) is 17.5. The first-order valence-corrected chi connectivity index (χ1v) is 8.21. The number of pyridine rings is 1. The van der Waals surface area contributed by atoms with Gasteiger partial charge in [-0.05, 0) is 30.7 Å². The number of aromatic nitrogens is 1. The monoisotopic (exact) mass is 335 g/mol. The van der Waals surface area contributed by atoms with E-state index in [0.29, 0.717) is 38.1 Å². The predicted octanol–water partition coefficient (Wildman–Crippen LogP) is 0.935. The van der Waals surface area contributed by atoms with Crippen molar-refractivity contribution in [3.63, 3.8) is 0 Å². The molecule has 1 fully saturated rings. The lowest BCUT2D eigenvalue weighted by Gasteiger charge is -2.38. The number of hydrogen-bond acceptors (Lipinski definition) is 5. The molecule has 1 unspecified atom stereocenters. The SMILES string of the molecule is COc1ccc(C(NC(=O)CCCNC(C)=O)C2CC(O)C2)cn1. The molecule has 1 aromatic heterocycles. The lowest BCUT2D eigenvalue weighted by Crippen LogP contribution is -2.41. The molecule has 0 spiro atoms. The fourth-order valence-corrected chi connectivity index (χ4v) is 2.83. The predicted molar refractivity (Wildman–Crippen MR) is 88.3 cm³/mol. The van der Waals surface area contributed by atoms with Crippen LogP contribution in [0.2, 0.25) is 0 Å². The van der Waals surface area contributed by atoms with Crippen LogP contribution < -0.4 is 15.4 Å². The van der Waals surface area contributed by atoms with Crippen molar-refractivity contribution in [3.8, 4) is 5.88 Å². The topological polar surface area (TPSA) is 101 Å². The number of aliphatic hydroxyl groups excluding tert-OH is 1. The molecular formula is C17H25N3O4. The second-order valence-corrected chi connectivity index (χ2v) is 6.15. The van der Waals surface area contributed by atoms with Crippen molar-refractivity contribution in [3.05, 3.63) is 23.9 Å². The highest BCUT2D eigenvalue weighted by Crippen LogP contribution is 2.38. The first-order chi connectivity index (χ1) is 11.5. The number of ether oxygens (including phenoxy) is 1. The van der Waals surface area contributed by atoms with Crippen molar-refractivity contribution in [2.75, 3.05) is 13.7 Å². The van der Waals surface area contributed by atoms with Gasteiger partial charge >= 0.3 is 0 Å². The fourth-order valence-electron chi connectivity index (χ4n) is 2.83. The van der Waals surface area contributed by atoms with Crippen LogP contribution in [0.1, 0.15) is 44.2 Å². The number of methoxy groups -OCH3 is 1. The number of rotatable bonds is 8. The molecule has 1 atom stereocenters. The Bertz CT molecular complexity index is 555. The molecule has 2 amide bonds. The molecule has 1 aromatic rings. The van der Waals surface area contributed by atoms with E-state index in [1.807, 2.05) is 6.07 Å². The van der Waals surface area contributed by atoms with E-state index in [2.05, 4.69) is 15.6 Å². The van der Waals surface area contributed by atoms with Crippen LogP contribution >= 0.6 is 0 Å². The van der Waals surface area contributed by atoms with Gasteiger partial charge in [0.05, 0.1) is 19.3 Å². The Kier molecular flexibility index (Phi) is 6.54. The van der Waals surface area contributed by atoms with Gasteiger partial charge in [-0.1, -0.05) is 6.07 Å². The number of nitrogens with zero attached hydrogens (tertiary/aromatic N) is 1. The van der Waals surface area contributed by atoms with Crippen LogP contribution in [0.3, 0.4) is 0 Å². The van der Waals surface area contributed by atoms with Gasteiger partial charge in [0.2, 0.25) is 17.7 Å². The van der Waals surface area contributed by atoms with Gasteiger partial charge in [0.15, 0.2) is 0 Å². The third kappa shape index (κ3) is 5.19. The molecule has 3 N–H and O–H groups in total. The van der Waals surface area contributed by atoms with Gasteiger partial charge in [-0.15, -0.1) is 0 Å². The minimum Gasteiger partial charge on any atom is -0.481 e. The molecule has 0 bridgehead atoms. The normalized spacial score (nSPS) is 20.6. The van der Waals surface area contributed by atoms with E-state index in [9.17, 15) is 14.7 Å². The van der Waals surface area contributed by atoms with Crippen LogP contribution in [0.15, 0.2) is 18.3 Å². The third-order valence-corrected chi connectivity index (χ3v) is 4.22. The van der Waals surface area contributed by atoms with Crippen LogP contribution in [-0.4, -0.2) is 41.7 Å². The lowest BCUT2D eigenvalue weighted by molar-refractivity contribution is -0.123. The summed E-state index contributed by atoms with van der Waals surface area (Å²) in [6.45, 7) is 1.94. The van der Waals surface area contributed by atoms with Crippen LogP contribution in [0.4, 0.5) is 0 Å². The molecule has 0 aliphatic heterocycles. The Morgan fingerprint density at radius 3 is 2.71 bits per heavy atom.